The van der Waals surface area contributed by atoms with Crippen LogP contribution >= 0.6 is 11.6 Å². The molecule has 0 heterocycles. The van der Waals surface area contributed by atoms with E-state index >= 15 is 0 Å². The Morgan fingerprint density at radius 1 is 1.00 bits per heavy atom. The van der Waals surface area contributed by atoms with Crippen LogP contribution in [0.3, 0.4) is 0 Å². The average molecular weight is 289 g/mol. The third kappa shape index (κ3) is 3.25. The zero-order valence-corrected chi connectivity index (χ0v) is 11.7. The van der Waals surface area contributed by atoms with E-state index in [0.717, 1.165) is 0 Å². The molecule has 0 atom stereocenters. The summed E-state index contributed by atoms with van der Waals surface area (Å²) in [5.74, 6) is -0.0265. The molecular weight excluding hydrogens is 276 g/mol. The number of ketones is 2. The van der Waals surface area contributed by atoms with Crippen molar-refractivity contribution in [2.45, 2.75) is 6.42 Å². The molecule has 0 unspecified atom stereocenters. The second-order valence-electron chi connectivity index (χ2n) is 4.23. The molecule has 4 heteroatoms. The van der Waals surface area contributed by atoms with Crippen LogP contribution in [-0.4, -0.2) is 18.7 Å². The van der Waals surface area contributed by atoms with Crippen LogP contribution < -0.4 is 4.74 Å². The van der Waals surface area contributed by atoms with E-state index in [1.54, 1.807) is 48.5 Å². The Kier molecular flexibility index (Phi) is 4.53. The first-order valence-corrected chi connectivity index (χ1v) is 6.44. The zero-order valence-electron chi connectivity index (χ0n) is 10.9. The van der Waals surface area contributed by atoms with E-state index in [0.29, 0.717) is 21.9 Å². The van der Waals surface area contributed by atoms with Crippen LogP contribution in [0.15, 0.2) is 48.5 Å². The molecule has 3 nitrogen and oxygen atoms in total. The van der Waals surface area contributed by atoms with Gasteiger partial charge in [-0.15, -0.1) is 0 Å². The molecule has 0 radical (unpaired) electrons. The molecule has 2 aromatic carbocycles. The summed E-state index contributed by atoms with van der Waals surface area (Å²) in [7, 11) is 1.49. The lowest BCUT2D eigenvalue weighted by atomic mass is 10.0. The summed E-state index contributed by atoms with van der Waals surface area (Å²) < 4.78 is 5.12. The highest BCUT2D eigenvalue weighted by Gasteiger charge is 2.16. The van der Waals surface area contributed by atoms with Crippen LogP contribution in [0.25, 0.3) is 0 Å². The summed E-state index contributed by atoms with van der Waals surface area (Å²) in [5.41, 5.74) is 0.884. The molecule has 0 fully saturated rings. The van der Waals surface area contributed by atoms with E-state index in [-0.39, 0.29) is 18.0 Å². The topological polar surface area (TPSA) is 43.4 Å². The van der Waals surface area contributed by atoms with E-state index in [2.05, 4.69) is 0 Å². The van der Waals surface area contributed by atoms with E-state index in [9.17, 15) is 9.59 Å². The van der Waals surface area contributed by atoms with Gasteiger partial charge in [-0.3, -0.25) is 9.59 Å². The first-order valence-electron chi connectivity index (χ1n) is 6.07. The maximum atomic E-state index is 12.1. The molecule has 0 aliphatic carbocycles. The Bertz CT molecular complexity index is 632. The normalized spacial score (nSPS) is 10.1. The molecule has 0 amide bonds. The quantitative estimate of drug-likeness (QED) is 0.621. The fraction of sp³-hybridized carbons (Fsp3) is 0.125. The summed E-state index contributed by atoms with van der Waals surface area (Å²) in [5, 5.41) is 0.553. The molecular formula is C16H13ClO3. The van der Waals surface area contributed by atoms with Crippen molar-refractivity contribution in [2.75, 3.05) is 7.11 Å². The molecule has 0 aliphatic rings. The van der Waals surface area contributed by atoms with Crippen LogP contribution in [0.1, 0.15) is 27.1 Å². The van der Waals surface area contributed by atoms with Crippen LogP contribution in [0.5, 0.6) is 5.75 Å². The monoisotopic (exact) mass is 288 g/mol. The van der Waals surface area contributed by atoms with Crippen LogP contribution in [0.4, 0.5) is 0 Å². The molecule has 0 N–H and O–H groups in total. The molecule has 0 aliphatic heterocycles. The number of Topliss-reactive ketones (excluding diaryl/α,β-unsaturated/α-hetero) is 2. The number of hydrogen-bond donors (Lipinski definition) is 0. The second kappa shape index (κ2) is 6.35. The third-order valence-electron chi connectivity index (χ3n) is 2.89. The van der Waals surface area contributed by atoms with Gasteiger partial charge in [0.1, 0.15) is 5.75 Å². The van der Waals surface area contributed by atoms with Gasteiger partial charge in [0, 0.05) is 10.6 Å². The lowest BCUT2D eigenvalue weighted by molar-refractivity contribution is 0.0893. The maximum Gasteiger partial charge on any atom is 0.174 e. The maximum absolute atomic E-state index is 12.1. The van der Waals surface area contributed by atoms with E-state index < -0.39 is 0 Å². The van der Waals surface area contributed by atoms with Gasteiger partial charge in [-0.25, -0.2) is 0 Å². The van der Waals surface area contributed by atoms with Gasteiger partial charge in [0.15, 0.2) is 11.6 Å². The number of halogens is 1. The predicted molar refractivity (Wildman–Crippen MR) is 77.7 cm³/mol. The smallest absolute Gasteiger partial charge is 0.174 e. The Balaban J connectivity index is 2.15. The van der Waals surface area contributed by atoms with Crippen molar-refractivity contribution in [1.82, 2.24) is 0 Å². The number of para-hydroxylation sites is 1. The Labute approximate surface area is 122 Å². The largest absolute Gasteiger partial charge is 0.496 e. The van der Waals surface area contributed by atoms with Gasteiger partial charge in [0.25, 0.3) is 0 Å². The lowest BCUT2D eigenvalue weighted by Crippen LogP contribution is -2.09. The van der Waals surface area contributed by atoms with E-state index in [1.165, 1.54) is 7.11 Å². The van der Waals surface area contributed by atoms with Gasteiger partial charge in [-0.1, -0.05) is 23.7 Å². The first-order chi connectivity index (χ1) is 9.61. The molecule has 0 aromatic heterocycles. The molecule has 20 heavy (non-hydrogen) atoms. The molecule has 102 valence electrons. The highest BCUT2D eigenvalue weighted by molar-refractivity contribution is 6.30. The van der Waals surface area contributed by atoms with Crippen LogP contribution in [-0.2, 0) is 0 Å². The number of carbonyl (C=O) groups excluding carboxylic acids is 2. The van der Waals surface area contributed by atoms with Crippen molar-refractivity contribution in [1.29, 1.82) is 0 Å². The van der Waals surface area contributed by atoms with Gasteiger partial charge in [0.2, 0.25) is 0 Å². The highest BCUT2D eigenvalue weighted by Crippen LogP contribution is 2.20. The summed E-state index contributed by atoms with van der Waals surface area (Å²) in [4.78, 5) is 24.2. The van der Waals surface area contributed by atoms with Crippen molar-refractivity contribution in [3.8, 4) is 5.75 Å². The lowest BCUT2D eigenvalue weighted by Gasteiger charge is -2.06. The van der Waals surface area contributed by atoms with E-state index in [1.807, 2.05) is 0 Å². The molecule has 0 spiro atoms. The number of carbonyl (C=O) groups is 2. The first kappa shape index (κ1) is 14.3. The summed E-state index contributed by atoms with van der Waals surface area (Å²) >= 11 is 5.76. The fourth-order valence-corrected chi connectivity index (χ4v) is 1.98. The van der Waals surface area contributed by atoms with Crippen molar-refractivity contribution in [3.63, 3.8) is 0 Å². The second-order valence-corrected chi connectivity index (χ2v) is 4.67. The summed E-state index contributed by atoms with van der Waals surface area (Å²) in [6.45, 7) is 0. The van der Waals surface area contributed by atoms with Crippen molar-refractivity contribution < 1.29 is 14.3 Å². The molecule has 2 rings (SSSR count). The number of rotatable bonds is 5. The van der Waals surface area contributed by atoms with E-state index in [4.69, 9.17) is 16.3 Å². The number of benzene rings is 2. The summed E-state index contributed by atoms with van der Waals surface area (Å²) in [6, 6.07) is 13.3. The number of methoxy groups -OCH3 is 1. The van der Waals surface area contributed by atoms with Crippen molar-refractivity contribution in [2.24, 2.45) is 0 Å². The van der Waals surface area contributed by atoms with Crippen LogP contribution in [0, 0.1) is 0 Å². The van der Waals surface area contributed by atoms with Gasteiger partial charge >= 0.3 is 0 Å². The van der Waals surface area contributed by atoms with Crippen molar-refractivity contribution >= 4 is 23.2 Å². The predicted octanol–water partition coefficient (Wildman–Crippen LogP) is 3.80. The number of ether oxygens (including phenoxy) is 1. The SMILES string of the molecule is COc1ccccc1C(=O)CC(=O)c1ccc(Cl)cc1. The minimum Gasteiger partial charge on any atom is -0.496 e. The molecule has 0 saturated carbocycles. The number of hydrogen-bond acceptors (Lipinski definition) is 3. The standard InChI is InChI=1S/C16H13ClO3/c1-20-16-5-3-2-4-13(16)15(19)10-14(18)11-6-8-12(17)9-7-11/h2-9H,10H2,1H3. The summed E-state index contributed by atoms with van der Waals surface area (Å²) in [6.07, 6.45) is -0.192. The van der Waals surface area contributed by atoms with Gasteiger partial charge in [-0.05, 0) is 36.4 Å². The molecule has 2 aromatic rings. The zero-order chi connectivity index (χ0) is 14.5. The minimum absolute atomic E-state index is 0.192. The Morgan fingerprint density at radius 3 is 2.30 bits per heavy atom. The van der Waals surface area contributed by atoms with Crippen molar-refractivity contribution in [3.05, 3.63) is 64.7 Å². The Morgan fingerprint density at radius 2 is 1.65 bits per heavy atom. The molecule has 0 bridgehead atoms. The van der Waals surface area contributed by atoms with Gasteiger partial charge < -0.3 is 4.74 Å². The average Bonchev–Trinajstić information content (AvgIpc) is 2.47. The third-order valence-corrected chi connectivity index (χ3v) is 3.15. The fourth-order valence-electron chi connectivity index (χ4n) is 1.85. The van der Waals surface area contributed by atoms with Crippen LogP contribution in [0.2, 0.25) is 5.02 Å². The highest BCUT2D eigenvalue weighted by atomic mass is 35.5. The minimum atomic E-state index is -0.262. The van der Waals surface area contributed by atoms with Gasteiger partial charge in [-0.2, -0.15) is 0 Å². The Hall–Kier alpha value is -2.13. The molecule has 0 saturated heterocycles. The van der Waals surface area contributed by atoms with Gasteiger partial charge in [0.05, 0.1) is 19.1 Å².